The second-order valence-corrected chi connectivity index (χ2v) is 8.33. The average Bonchev–Trinajstić information content (AvgIpc) is 2.60. The Labute approximate surface area is 163 Å². The van der Waals surface area contributed by atoms with Crippen molar-refractivity contribution in [3.63, 3.8) is 0 Å². The number of piperidine rings is 1. The predicted octanol–water partition coefficient (Wildman–Crippen LogP) is 2.69. The molecule has 2 N–H and O–H groups in total. The number of anilines is 1. The van der Waals surface area contributed by atoms with Crippen molar-refractivity contribution >= 4 is 29.9 Å². The van der Waals surface area contributed by atoms with Crippen molar-refractivity contribution in [1.29, 1.82) is 0 Å². The van der Waals surface area contributed by atoms with Crippen LogP contribution in [0.15, 0.2) is 18.3 Å². The number of hydrogen-bond acceptors (Lipinski definition) is 5. The Balaban J connectivity index is 1.73. The van der Waals surface area contributed by atoms with Gasteiger partial charge in [0.05, 0.1) is 5.41 Å². The first-order chi connectivity index (χ1) is 13.1. The summed E-state index contributed by atoms with van der Waals surface area (Å²) >= 11 is 0. The van der Waals surface area contributed by atoms with Gasteiger partial charge < -0.3 is 20.1 Å². The number of pyridine rings is 1. The Morgan fingerprint density at radius 1 is 1.32 bits per heavy atom. The van der Waals surface area contributed by atoms with Crippen molar-refractivity contribution in [2.24, 2.45) is 5.41 Å². The molecule has 0 atom stereocenters. The number of carboxylic acids is 1. The lowest BCUT2D eigenvalue weighted by molar-refractivity contribution is -0.131. The summed E-state index contributed by atoms with van der Waals surface area (Å²) in [4.78, 5) is 41.6. The van der Waals surface area contributed by atoms with Crippen LogP contribution in [0.5, 0.6) is 0 Å². The fraction of sp³-hybridized carbons (Fsp3) is 0.500. The number of hydrogen-bond donors (Lipinski definition) is 2. The van der Waals surface area contributed by atoms with Crippen LogP contribution in [0.4, 0.5) is 10.6 Å². The van der Waals surface area contributed by atoms with Crippen molar-refractivity contribution in [2.75, 3.05) is 18.4 Å². The van der Waals surface area contributed by atoms with Crippen LogP contribution in [0.2, 0.25) is 0 Å². The number of ether oxygens (including phenoxy) is 1. The number of nitrogens with zero attached hydrogens (tertiary/aromatic N) is 2. The SMILES string of the molecule is CC(C)(C)OC(=O)N1CCC2(CC1)Cc1cc(C=CC(=O)O)cnc1NC2=O. The monoisotopic (exact) mass is 387 g/mol. The van der Waals surface area contributed by atoms with Gasteiger partial charge in [0, 0.05) is 25.4 Å². The Hall–Kier alpha value is -2.90. The van der Waals surface area contributed by atoms with Gasteiger partial charge in [0.1, 0.15) is 11.4 Å². The Morgan fingerprint density at radius 2 is 2.00 bits per heavy atom. The highest BCUT2D eigenvalue weighted by Gasteiger charge is 2.46. The molecule has 8 heteroatoms. The van der Waals surface area contributed by atoms with E-state index >= 15 is 0 Å². The third-order valence-corrected chi connectivity index (χ3v) is 5.02. The van der Waals surface area contributed by atoms with E-state index in [4.69, 9.17) is 9.84 Å². The number of carbonyl (C=O) groups is 3. The normalized spacial score (nSPS) is 18.7. The molecule has 0 aliphatic carbocycles. The zero-order chi connectivity index (χ0) is 20.5. The molecule has 3 heterocycles. The zero-order valence-electron chi connectivity index (χ0n) is 16.3. The number of aliphatic carboxylic acids is 1. The molecule has 0 saturated carbocycles. The maximum atomic E-state index is 12.8. The molecule has 2 aliphatic rings. The second-order valence-electron chi connectivity index (χ2n) is 8.33. The molecule has 1 saturated heterocycles. The van der Waals surface area contributed by atoms with Gasteiger partial charge in [-0.25, -0.2) is 14.6 Å². The summed E-state index contributed by atoms with van der Waals surface area (Å²) in [5.41, 5.74) is 0.387. The van der Waals surface area contributed by atoms with Crippen LogP contribution in [-0.4, -0.2) is 51.7 Å². The molecule has 150 valence electrons. The van der Waals surface area contributed by atoms with Crippen LogP contribution in [-0.2, 0) is 20.7 Å². The number of aromatic nitrogens is 1. The van der Waals surface area contributed by atoms with Crippen molar-refractivity contribution in [3.05, 3.63) is 29.5 Å². The van der Waals surface area contributed by atoms with E-state index in [1.807, 2.05) is 26.8 Å². The number of carbonyl (C=O) groups excluding carboxylic acids is 2. The number of nitrogens with one attached hydrogen (secondary N) is 1. The van der Waals surface area contributed by atoms with E-state index in [0.717, 1.165) is 11.6 Å². The molecule has 3 rings (SSSR count). The highest BCUT2D eigenvalue weighted by Crippen LogP contribution is 2.41. The van der Waals surface area contributed by atoms with Crippen molar-refractivity contribution in [3.8, 4) is 0 Å². The van der Waals surface area contributed by atoms with E-state index < -0.39 is 17.0 Å². The smallest absolute Gasteiger partial charge is 0.410 e. The highest BCUT2D eigenvalue weighted by molar-refractivity contribution is 5.98. The summed E-state index contributed by atoms with van der Waals surface area (Å²) in [5.74, 6) is -0.597. The Kier molecular flexibility index (Phi) is 5.14. The maximum Gasteiger partial charge on any atom is 0.410 e. The lowest BCUT2D eigenvalue weighted by atomic mass is 9.71. The standard InChI is InChI=1S/C20H25N3O5/c1-19(2,3)28-18(27)23-8-6-20(7-9-23)11-14-10-13(4-5-15(24)25)12-21-16(14)22-17(20)26/h4-5,10,12H,6-9,11H2,1-3H3,(H,24,25)(H,21,22,26). The number of likely N-dealkylation sites (tertiary alicyclic amines) is 1. The minimum absolute atomic E-state index is 0.0785. The molecular weight excluding hydrogens is 362 g/mol. The van der Waals surface area contributed by atoms with Gasteiger partial charge >= 0.3 is 12.1 Å². The Morgan fingerprint density at radius 3 is 2.61 bits per heavy atom. The molecule has 0 radical (unpaired) electrons. The average molecular weight is 387 g/mol. The van der Waals surface area contributed by atoms with E-state index in [0.29, 0.717) is 43.7 Å². The molecule has 0 aromatic carbocycles. The molecule has 28 heavy (non-hydrogen) atoms. The van der Waals surface area contributed by atoms with Crippen LogP contribution in [0, 0.1) is 5.41 Å². The van der Waals surface area contributed by atoms with Crippen LogP contribution in [0.3, 0.4) is 0 Å². The topological polar surface area (TPSA) is 109 Å². The summed E-state index contributed by atoms with van der Waals surface area (Å²) in [5, 5.41) is 11.6. The summed E-state index contributed by atoms with van der Waals surface area (Å²) in [6.07, 6.45) is 5.28. The molecule has 2 aliphatic heterocycles. The van der Waals surface area contributed by atoms with Gasteiger partial charge in [0.15, 0.2) is 0 Å². The first kappa shape index (κ1) is 19.9. The van der Waals surface area contributed by atoms with E-state index in [1.54, 1.807) is 4.90 Å². The van der Waals surface area contributed by atoms with Crippen LogP contribution in [0.1, 0.15) is 44.7 Å². The molecule has 2 amide bonds. The van der Waals surface area contributed by atoms with Gasteiger partial charge in [-0.1, -0.05) is 0 Å². The summed E-state index contributed by atoms with van der Waals surface area (Å²) in [6.45, 7) is 6.37. The van der Waals surface area contributed by atoms with Crippen molar-refractivity contribution in [2.45, 2.75) is 45.6 Å². The van der Waals surface area contributed by atoms with Gasteiger partial charge in [0.2, 0.25) is 5.91 Å². The summed E-state index contributed by atoms with van der Waals surface area (Å²) in [6, 6.07) is 1.85. The molecule has 0 bridgehead atoms. The van der Waals surface area contributed by atoms with Crippen LogP contribution >= 0.6 is 0 Å². The molecule has 0 unspecified atom stereocenters. The number of carboxylic acid groups (broad SMARTS) is 1. The molecule has 1 fully saturated rings. The van der Waals surface area contributed by atoms with Gasteiger partial charge in [-0.3, -0.25) is 4.79 Å². The van der Waals surface area contributed by atoms with E-state index in [2.05, 4.69) is 10.3 Å². The molecular formula is C20H25N3O5. The third kappa shape index (κ3) is 4.32. The fourth-order valence-electron chi connectivity index (χ4n) is 3.57. The van der Waals surface area contributed by atoms with Gasteiger partial charge in [-0.2, -0.15) is 0 Å². The first-order valence-electron chi connectivity index (χ1n) is 9.27. The summed E-state index contributed by atoms with van der Waals surface area (Å²) in [7, 11) is 0. The molecule has 1 spiro atoms. The maximum absolute atomic E-state index is 12.8. The quantitative estimate of drug-likeness (QED) is 0.755. The predicted molar refractivity (Wildman–Crippen MR) is 103 cm³/mol. The Bertz CT molecular complexity index is 833. The largest absolute Gasteiger partial charge is 0.478 e. The van der Waals surface area contributed by atoms with Crippen LogP contribution < -0.4 is 5.32 Å². The van der Waals surface area contributed by atoms with Crippen molar-refractivity contribution < 1.29 is 24.2 Å². The number of rotatable bonds is 2. The zero-order valence-corrected chi connectivity index (χ0v) is 16.3. The van der Waals surface area contributed by atoms with E-state index in [-0.39, 0.29) is 12.0 Å². The number of amides is 2. The number of fused-ring (bicyclic) bond motifs is 1. The van der Waals surface area contributed by atoms with Crippen molar-refractivity contribution in [1.82, 2.24) is 9.88 Å². The molecule has 1 aromatic rings. The highest BCUT2D eigenvalue weighted by atomic mass is 16.6. The second kappa shape index (κ2) is 7.26. The minimum Gasteiger partial charge on any atom is -0.478 e. The lowest BCUT2D eigenvalue weighted by Crippen LogP contribution is -2.51. The summed E-state index contributed by atoms with van der Waals surface area (Å²) < 4.78 is 5.42. The van der Waals surface area contributed by atoms with E-state index in [9.17, 15) is 14.4 Å². The third-order valence-electron chi connectivity index (χ3n) is 5.02. The molecule has 1 aromatic heterocycles. The minimum atomic E-state index is -1.03. The lowest BCUT2D eigenvalue weighted by Gasteiger charge is -2.43. The fourth-order valence-corrected chi connectivity index (χ4v) is 3.57. The van der Waals surface area contributed by atoms with E-state index in [1.165, 1.54) is 12.3 Å². The molecule has 8 nitrogen and oxygen atoms in total. The van der Waals surface area contributed by atoms with Gasteiger partial charge in [-0.05, 0) is 63.3 Å². The van der Waals surface area contributed by atoms with Gasteiger partial charge in [-0.15, -0.1) is 0 Å². The first-order valence-corrected chi connectivity index (χ1v) is 9.27. The van der Waals surface area contributed by atoms with Crippen LogP contribution in [0.25, 0.3) is 6.08 Å². The van der Waals surface area contributed by atoms with Gasteiger partial charge in [0.25, 0.3) is 0 Å².